The average molecular weight is 308 g/mol. The number of methoxy groups -OCH3 is 1. The van der Waals surface area contributed by atoms with Crippen LogP contribution in [0.2, 0.25) is 0 Å². The summed E-state index contributed by atoms with van der Waals surface area (Å²) in [6, 6.07) is 3.44. The summed E-state index contributed by atoms with van der Waals surface area (Å²) in [7, 11) is 1.57. The smallest absolute Gasteiger partial charge is 0.261 e. The van der Waals surface area contributed by atoms with Crippen LogP contribution in [0.15, 0.2) is 15.9 Å². The van der Waals surface area contributed by atoms with Crippen LogP contribution in [0.4, 0.5) is 0 Å². The van der Waals surface area contributed by atoms with Crippen LogP contribution in [0.1, 0.15) is 16.1 Å². The fraction of sp³-hybridized carbons (Fsp3) is 0.500. The SMILES string of the molecule is COCC(CCO)NC(=O)c1ccc(Br)s1. The van der Waals surface area contributed by atoms with Crippen LogP contribution >= 0.6 is 27.3 Å². The predicted octanol–water partition coefficient (Wildman–Crippen LogP) is 1.64. The van der Waals surface area contributed by atoms with Gasteiger partial charge in [-0.2, -0.15) is 0 Å². The maximum atomic E-state index is 11.8. The van der Waals surface area contributed by atoms with E-state index < -0.39 is 0 Å². The zero-order valence-electron chi connectivity index (χ0n) is 8.90. The Kier molecular flexibility index (Phi) is 5.97. The van der Waals surface area contributed by atoms with Gasteiger partial charge in [-0.1, -0.05) is 0 Å². The molecule has 0 aliphatic rings. The number of aliphatic hydroxyl groups excluding tert-OH is 1. The number of hydrogen-bond acceptors (Lipinski definition) is 4. The molecule has 1 unspecified atom stereocenters. The second-order valence-electron chi connectivity index (χ2n) is 3.24. The summed E-state index contributed by atoms with van der Waals surface area (Å²) >= 11 is 4.68. The van der Waals surface area contributed by atoms with E-state index in [9.17, 15) is 4.79 Å². The molecule has 1 rings (SSSR count). The van der Waals surface area contributed by atoms with Crippen LogP contribution < -0.4 is 5.32 Å². The molecule has 1 atom stereocenters. The standard InChI is InChI=1S/C10H14BrNO3S/c1-15-6-7(4-5-13)12-10(14)8-2-3-9(11)16-8/h2-3,7,13H,4-6H2,1H3,(H,12,14). The van der Waals surface area contributed by atoms with Gasteiger partial charge in [0.05, 0.1) is 21.3 Å². The molecule has 4 nitrogen and oxygen atoms in total. The molecule has 0 bridgehead atoms. The minimum absolute atomic E-state index is 0.0302. The largest absolute Gasteiger partial charge is 0.396 e. The lowest BCUT2D eigenvalue weighted by Crippen LogP contribution is -2.38. The van der Waals surface area contributed by atoms with Crippen LogP contribution in [-0.4, -0.2) is 37.4 Å². The summed E-state index contributed by atoms with van der Waals surface area (Å²) in [4.78, 5) is 12.4. The molecular formula is C10H14BrNO3S. The van der Waals surface area contributed by atoms with Crippen molar-refractivity contribution in [3.63, 3.8) is 0 Å². The Hall–Kier alpha value is -0.430. The molecule has 0 aliphatic heterocycles. The van der Waals surface area contributed by atoms with Crippen molar-refractivity contribution in [2.24, 2.45) is 0 Å². The topological polar surface area (TPSA) is 58.6 Å². The monoisotopic (exact) mass is 307 g/mol. The van der Waals surface area contributed by atoms with E-state index in [0.717, 1.165) is 3.79 Å². The highest BCUT2D eigenvalue weighted by Gasteiger charge is 2.14. The average Bonchev–Trinajstić information content (AvgIpc) is 2.65. The number of hydrogen-bond donors (Lipinski definition) is 2. The predicted molar refractivity (Wildman–Crippen MR) is 66.9 cm³/mol. The Morgan fingerprint density at radius 3 is 2.94 bits per heavy atom. The van der Waals surface area contributed by atoms with Crippen molar-refractivity contribution in [2.45, 2.75) is 12.5 Å². The first-order valence-electron chi connectivity index (χ1n) is 4.83. The lowest BCUT2D eigenvalue weighted by Gasteiger charge is -2.15. The third kappa shape index (κ3) is 4.21. The zero-order valence-corrected chi connectivity index (χ0v) is 11.3. The second-order valence-corrected chi connectivity index (χ2v) is 5.70. The lowest BCUT2D eigenvalue weighted by atomic mass is 10.2. The summed E-state index contributed by atoms with van der Waals surface area (Å²) in [5, 5.41) is 11.7. The molecule has 1 aromatic heterocycles. The van der Waals surface area contributed by atoms with E-state index in [0.29, 0.717) is 17.9 Å². The number of ether oxygens (including phenoxy) is 1. The molecule has 90 valence electrons. The molecule has 2 N–H and O–H groups in total. The van der Waals surface area contributed by atoms with Gasteiger partial charge >= 0.3 is 0 Å². The molecule has 0 saturated carbocycles. The van der Waals surface area contributed by atoms with Crippen molar-refractivity contribution in [3.05, 3.63) is 20.8 Å². The molecule has 0 aromatic carbocycles. The fourth-order valence-corrected chi connectivity index (χ4v) is 2.54. The van der Waals surface area contributed by atoms with E-state index in [1.54, 1.807) is 13.2 Å². The van der Waals surface area contributed by atoms with E-state index in [1.807, 2.05) is 6.07 Å². The highest BCUT2D eigenvalue weighted by molar-refractivity contribution is 9.11. The van der Waals surface area contributed by atoms with Gasteiger partial charge in [-0.25, -0.2) is 0 Å². The van der Waals surface area contributed by atoms with Gasteiger partial charge in [0.15, 0.2) is 0 Å². The number of halogens is 1. The highest BCUT2D eigenvalue weighted by atomic mass is 79.9. The molecule has 6 heteroatoms. The Bertz CT molecular complexity index is 337. The molecule has 1 aromatic rings. The molecular weight excluding hydrogens is 294 g/mol. The first-order valence-corrected chi connectivity index (χ1v) is 6.44. The van der Waals surface area contributed by atoms with Crippen molar-refractivity contribution >= 4 is 33.2 Å². The third-order valence-corrected chi connectivity index (χ3v) is 3.60. The summed E-state index contributed by atoms with van der Waals surface area (Å²) in [5.74, 6) is -0.133. The number of carbonyl (C=O) groups is 1. The van der Waals surface area contributed by atoms with Crippen molar-refractivity contribution in [3.8, 4) is 0 Å². The Labute approximate surface area is 107 Å². The molecule has 0 radical (unpaired) electrons. The van der Waals surface area contributed by atoms with E-state index in [-0.39, 0.29) is 18.6 Å². The minimum atomic E-state index is -0.150. The van der Waals surface area contributed by atoms with E-state index in [2.05, 4.69) is 21.2 Å². The summed E-state index contributed by atoms with van der Waals surface area (Å²) in [6.07, 6.45) is 0.492. The van der Waals surface area contributed by atoms with Crippen LogP contribution in [0, 0.1) is 0 Å². The second kappa shape index (κ2) is 7.01. The van der Waals surface area contributed by atoms with Gasteiger partial charge in [0.25, 0.3) is 5.91 Å². The van der Waals surface area contributed by atoms with Gasteiger partial charge in [-0.3, -0.25) is 4.79 Å². The molecule has 1 amide bonds. The summed E-state index contributed by atoms with van der Waals surface area (Å²) < 4.78 is 5.89. The first-order chi connectivity index (χ1) is 7.67. The fourth-order valence-electron chi connectivity index (χ4n) is 1.25. The van der Waals surface area contributed by atoms with Crippen LogP contribution in [0.5, 0.6) is 0 Å². The first kappa shape index (κ1) is 13.6. The number of aliphatic hydroxyl groups is 1. The molecule has 0 spiro atoms. The Balaban J connectivity index is 2.54. The van der Waals surface area contributed by atoms with E-state index >= 15 is 0 Å². The van der Waals surface area contributed by atoms with Gasteiger partial charge in [-0.15, -0.1) is 11.3 Å². The number of nitrogens with one attached hydrogen (secondary N) is 1. The van der Waals surface area contributed by atoms with E-state index in [4.69, 9.17) is 9.84 Å². The quantitative estimate of drug-likeness (QED) is 0.840. The molecule has 1 heterocycles. The maximum Gasteiger partial charge on any atom is 0.261 e. The van der Waals surface area contributed by atoms with Crippen LogP contribution in [0.3, 0.4) is 0 Å². The summed E-state index contributed by atoms with van der Waals surface area (Å²) in [6.45, 7) is 0.432. The zero-order chi connectivity index (χ0) is 12.0. The van der Waals surface area contributed by atoms with Gasteiger partial charge in [0, 0.05) is 13.7 Å². The number of rotatable bonds is 6. The van der Waals surface area contributed by atoms with E-state index in [1.165, 1.54) is 11.3 Å². The molecule has 16 heavy (non-hydrogen) atoms. The molecule has 0 fully saturated rings. The van der Waals surface area contributed by atoms with Gasteiger partial charge in [0.2, 0.25) is 0 Å². The van der Waals surface area contributed by atoms with Crippen molar-refractivity contribution < 1.29 is 14.6 Å². The van der Waals surface area contributed by atoms with Gasteiger partial charge < -0.3 is 15.2 Å². The van der Waals surface area contributed by atoms with Crippen LogP contribution in [0.25, 0.3) is 0 Å². The number of thiophene rings is 1. The highest BCUT2D eigenvalue weighted by Crippen LogP contribution is 2.21. The molecule has 0 aliphatic carbocycles. The maximum absolute atomic E-state index is 11.8. The van der Waals surface area contributed by atoms with Gasteiger partial charge in [0.1, 0.15) is 0 Å². The minimum Gasteiger partial charge on any atom is -0.396 e. The van der Waals surface area contributed by atoms with Gasteiger partial charge in [-0.05, 0) is 34.5 Å². The Morgan fingerprint density at radius 1 is 1.69 bits per heavy atom. The molecule has 0 saturated heterocycles. The number of carbonyl (C=O) groups excluding carboxylic acids is 1. The normalized spacial score (nSPS) is 12.4. The van der Waals surface area contributed by atoms with Crippen molar-refractivity contribution in [1.82, 2.24) is 5.32 Å². The lowest BCUT2D eigenvalue weighted by molar-refractivity contribution is 0.0882. The third-order valence-electron chi connectivity index (χ3n) is 1.98. The van der Waals surface area contributed by atoms with Crippen LogP contribution in [-0.2, 0) is 4.74 Å². The van der Waals surface area contributed by atoms with Crippen molar-refractivity contribution in [1.29, 1.82) is 0 Å². The number of amides is 1. The Morgan fingerprint density at radius 2 is 2.44 bits per heavy atom. The summed E-state index contributed by atoms with van der Waals surface area (Å²) in [5.41, 5.74) is 0. The van der Waals surface area contributed by atoms with Crippen molar-refractivity contribution in [2.75, 3.05) is 20.3 Å².